The van der Waals surface area contributed by atoms with Crippen molar-refractivity contribution in [2.45, 2.75) is 0 Å². The molecule has 5 heteroatoms. The Kier molecular flexibility index (Phi) is 5.08. The summed E-state index contributed by atoms with van der Waals surface area (Å²) in [5, 5.41) is 7.15. The minimum atomic E-state index is -0.441. The third kappa shape index (κ3) is 3.32. The van der Waals surface area contributed by atoms with E-state index >= 15 is 0 Å². The first-order valence-corrected chi connectivity index (χ1v) is 8.24. The number of nitrogens with zero attached hydrogens (tertiary/aromatic N) is 2. The van der Waals surface area contributed by atoms with Crippen molar-refractivity contribution in [1.29, 1.82) is 0 Å². The Morgan fingerprint density at radius 2 is 1.65 bits per heavy atom. The van der Waals surface area contributed by atoms with Crippen LogP contribution in [0.1, 0.15) is 10.4 Å². The van der Waals surface area contributed by atoms with Crippen molar-refractivity contribution in [2.24, 2.45) is 7.05 Å². The molecule has 0 saturated carbocycles. The van der Waals surface area contributed by atoms with Crippen LogP contribution in [0.2, 0.25) is 0 Å². The zero-order chi connectivity index (χ0) is 18.5. The molecule has 3 aromatic rings. The van der Waals surface area contributed by atoms with Gasteiger partial charge in [-0.25, -0.2) is 4.68 Å². The van der Waals surface area contributed by atoms with E-state index in [0.717, 1.165) is 11.1 Å². The molecule has 0 unspecified atom stereocenters. The molecular formula is C21H19N3O2. The SMILES string of the molecule is C=CCNC(=O)c1c(-c2ccccc2)c(-c2ccccc2)nn(C)c1=O. The van der Waals surface area contributed by atoms with Crippen LogP contribution in [0, 0.1) is 0 Å². The molecule has 0 radical (unpaired) electrons. The average molecular weight is 345 g/mol. The minimum absolute atomic E-state index is 0.0782. The Balaban J connectivity index is 2.35. The maximum Gasteiger partial charge on any atom is 0.280 e. The lowest BCUT2D eigenvalue weighted by Gasteiger charge is -2.15. The summed E-state index contributed by atoms with van der Waals surface area (Å²) in [5.74, 6) is -0.441. The van der Waals surface area contributed by atoms with Crippen LogP contribution >= 0.6 is 0 Å². The fourth-order valence-corrected chi connectivity index (χ4v) is 2.78. The molecule has 0 aliphatic rings. The summed E-state index contributed by atoms with van der Waals surface area (Å²) < 4.78 is 1.21. The van der Waals surface area contributed by atoms with Crippen molar-refractivity contribution >= 4 is 5.91 Å². The molecule has 0 aliphatic carbocycles. The Morgan fingerprint density at radius 3 is 2.23 bits per heavy atom. The molecule has 130 valence electrons. The predicted molar refractivity (Wildman–Crippen MR) is 103 cm³/mol. The fraction of sp³-hybridized carbons (Fsp3) is 0.0952. The number of hydrogen-bond acceptors (Lipinski definition) is 3. The highest BCUT2D eigenvalue weighted by Crippen LogP contribution is 2.31. The van der Waals surface area contributed by atoms with Crippen molar-refractivity contribution in [1.82, 2.24) is 15.1 Å². The summed E-state index contributed by atoms with van der Waals surface area (Å²) in [6.07, 6.45) is 1.57. The monoisotopic (exact) mass is 345 g/mol. The molecule has 0 saturated heterocycles. The Hall–Kier alpha value is -3.47. The molecular weight excluding hydrogens is 326 g/mol. The van der Waals surface area contributed by atoms with Gasteiger partial charge in [-0.1, -0.05) is 66.7 Å². The molecule has 5 nitrogen and oxygen atoms in total. The second-order valence-corrected chi connectivity index (χ2v) is 5.76. The van der Waals surface area contributed by atoms with E-state index in [-0.39, 0.29) is 12.1 Å². The normalized spacial score (nSPS) is 10.3. The van der Waals surface area contributed by atoms with Crippen LogP contribution in [-0.2, 0) is 7.05 Å². The van der Waals surface area contributed by atoms with Gasteiger partial charge < -0.3 is 5.32 Å². The Bertz CT molecular complexity index is 993. The van der Waals surface area contributed by atoms with Gasteiger partial charge in [0.15, 0.2) is 0 Å². The topological polar surface area (TPSA) is 64.0 Å². The molecule has 2 aromatic carbocycles. The van der Waals surface area contributed by atoms with E-state index in [1.165, 1.54) is 4.68 Å². The van der Waals surface area contributed by atoms with E-state index in [1.807, 2.05) is 60.7 Å². The van der Waals surface area contributed by atoms with Gasteiger partial charge in [0.05, 0.1) is 5.69 Å². The first kappa shape index (κ1) is 17.4. The van der Waals surface area contributed by atoms with Crippen LogP contribution in [0.5, 0.6) is 0 Å². The fourth-order valence-electron chi connectivity index (χ4n) is 2.78. The Labute approximate surface area is 151 Å². The molecule has 3 rings (SSSR count). The predicted octanol–water partition coefficient (Wildman–Crippen LogP) is 3.03. The minimum Gasteiger partial charge on any atom is -0.348 e. The number of hydrogen-bond donors (Lipinski definition) is 1. The van der Waals surface area contributed by atoms with Crippen LogP contribution < -0.4 is 10.9 Å². The van der Waals surface area contributed by atoms with Gasteiger partial charge in [-0.2, -0.15) is 5.10 Å². The Morgan fingerprint density at radius 1 is 1.08 bits per heavy atom. The maximum absolute atomic E-state index is 12.8. The molecule has 1 aromatic heterocycles. The number of amides is 1. The van der Waals surface area contributed by atoms with Gasteiger partial charge in [-0.15, -0.1) is 6.58 Å². The first-order valence-electron chi connectivity index (χ1n) is 8.24. The molecule has 0 aliphatic heterocycles. The summed E-state index contributed by atoms with van der Waals surface area (Å²) in [4.78, 5) is 25.5. The number of rotatable bonds is 5. The van der Waals surface area contributed by atoms with Gasteiger partial charge >= 0.3 is 0 Å². The van der Waals surface area contributed by atoms with Crippen molar-refractivity contribution in [3.63, 3.8) is 0 Å². The lowest BCUT2D eigenvalue weighted by Crippen LogP contribution is -2.34. The van der Waals surface area contributed by atoms with E-state index in [1.54, 1.807) is 13.1 Å². The summed E-state index contributed by atoms with van der Waals surface area (Å²) in [6.45, 7) is 3.88. The summed E-state index contributed by atoms with van der Waals surface area (Å²) in [5.41, 5.74) is 2.35. The smallest absolute Gasteiger partial charge is 0.280 e. The molecule has 0 atom stereocenters. The van der Waals surface area contributed by atoms with Crippen molar-refractivity contribution in [2.75, 3.05) is 6.54 Å². The summed E-state index contributed by atoms with van der Waals surface area (Å²) in [6, 6.07) is 18.9. The van der Waals surface area contributed by atoms with Crippen LogP contribution in [0.4, 0.5) is 0 Å². The number of nitrogens with one attached hydrogen (secondary N) is 1. The van der Waals surface area contributed by atoms with E-state index in [4.69, 9.17) is 0 Å². The lowest BCUT2D eigenvalue weighted by molar-refractivity contribution is 0.0956. The summed E-state index contributed by atoms with van der Waals surface area (Å²) in [7, 11) is 1.55. The largest absolute Gasteiger partial charge is 0.348 e. The van der Waals surface area contributed by atoms with Gasteiger partial charge in [0.25, 0.3) is 11.5 Å². The van der Waals surface area contributed by atoms with Gasteiger partial charge in [-0.3, -0.25) is 9.59 Å². The van der Waals surface area contributed by atoms with Crippen molar-refractivity contribution in [3.05, 3.63) is 89.2 Å². The second-order valence-electron chi connectivity index (χ2n) is 5.76. The number of aryl methyl sites for hydroxylation is 1. The van der Waals surface area contributed by atoms with Gasteiger partial charge in [0, 0.05) is 24.7 Å². The third-order valence-corrected chi connectivity index (χ3v) is 3.99. The van der Waals surface area contributed by atoms with Crippen LogP contribution in [0.3, 0.4) is 0 Å². The first-order chi connectivity index (χ1) is 12.6. The third-order valence-electron chi connectivity index (χ3n) is 3.99. The molecule has 1 heterocycles. The highest BCUT2D eigenvalue weighted by atomic mass is 16.2. The molecule has 1 amide bonds. The average Bonchev–Trinajstić information content (AvgIpc) is 2.69. The number of aromatic nitrogens is 2. The quantitative estimate of drug-likeness (QED) is 0.723. The highest BCUT2D eigenvalue weighted by Gasteiger charge is 2.23. The molecule has 1 N–H and O–H groups in total. The standard InChI is InChI=1S/C21H19N3O2/c1-3-14-22-20(25)18-17(15-10-6-4-7-11-15)19(23-24(2)21(18)26)16-12-8-5-9-13-16/h3-13H,1,14H2,2H3,(H,22,25). The number of carbonyl (C=O) groups is 1. The lowest BCUT2D eigenvalue weighted by atomic mass is 9.95. The number of carbonyl (C=O) groups excluding carboxylic acids is 1. The van der Waals surface area contributed by atoms with Crippen LogP contribution in [0.15, 0.2) is 78.1 Å². The van der Waals surface area contributed by atoms with E-state index in [9.17, 15) is 9.59 Å². The van der Waals surface area contributed by atoms with Crippen molar-refractivity contribution < 1.29 is 4.79 Å². The maximum atomic E-state index is 12.8. The van der Waals surface area contributed by atoms with Gasteiger partial charge in [0.2, 0.25) is 0 Å². The summed E-state index contributed by atoms with van der Waals surface area (Å²) >= 11 is 0. The van der Waals surface area contributed by atoms with E-state index in [0.29, 0.717) is 11.3 Å². The molecule has 0 fully saturated rings. The molecule has 0 bridgehead atoms. The zero-order valence-electron chi connectivity index (χ0n) is 14.5. The van der Waals surface area contributed by atoms with Crippen LogP contribution in [0.25, 0.3) is 22.4 Å². The highest BCUT2D eigenvalue weighted by molar-refractivity contribution is 6.03. The molecule has 26 heavy (non-hydrogen) atoms. The van der Waals surface area contributed by atoms with E-state index in [2.05, 4.69) is 17.0 Å². The molecule has 0 spiro atoms. The van der Waals surface area contributed by atoms with Gasteiger partial charge in [-0.05, 0) is 5.56 Å². The zero-order valence-corrected chi connectivity index (χ0v) is 14.5. The van der Waals surface area contributed by atoms with Gasteiger partial charge in [0.1, 0.15) is 5.56 Å². The van der Waals surface area contributed by atoms with Crippen LogP contribution in [-0.4, -0.2) is 22.2 Å². The van der Waals surface area contributed by atoms with Crippen molar-refractivity contribution in [3.8, 4) is 22.4 Å². The number of benzene rings is 2. The van der Waals surface area contributed by atoms with E-state index < -0.39 is 11.5 Å². The second kappa shape index (κ2) is 7.61.